The van der Waals surface area contributed by atoms with Gasteiger partial charge in [0.1, 0.15) is 12.2 Å². The van der Waals surface area contributed by atoms with Gasteiger partial charge in [0, 0.05) is 13.0 Å². The van der Waals surface area contributed by atoms with Crippen LogP contribution in [0.15, 0.2) is 0 Å². The lowest BCUT2D eigenvalue weighted by Gasteiger charge is -2.20. The molecule has 10 heteroatoms. The number of unbranched alkanes of at least 4 members (excludes halogenated alkanes) is 40. The highest BCUT2D eigenvalue weighted by Gasteiger charge is 2.26. The van der Waals surface area contributed by atoms with Gasteiger partial charge >= 0.3 is 13.8 Å². The number of hydrogen-bond acceptors (Lipinski definition) is 8. The van der Waals surface area contributed by atoms with Crippen LogP contribution in [0.3, 0.4) is 0 Å². The van der Waals surface area contributed by atoms with Gasteiger partial charge in [-0.25, -0.2) is 4.57 Å². The van der Waals surface area contributed by atoms with Gasteiger partial charge in [0.25, 0.3) is 0 Å². The molecule has 0 heterocycles. The molecule has 378 valence electrons. The Morgan fingerprint density at radius 1 is 0.429 bits per heavy atom. The summed E-state index contributed by atoms with van der Waals surface area (Å²) in [4.78, 5) is 22.7. The summed E-state index contributed by atoms with van der Waals surface area (Å²) in [5.41, 5.74) is 0. The molecule has 3 atom stereocenters. The molecule has 0 fully saturated rings. The van der Waals surface area contributed by atoms with E-state index in [0.29, 0.717) is 6.61 Å². The predicted octanol–water partition coefficient (Wildman–Crippen LogP) is 16.2. The molecule has 0 saturated carbocycles. The lowest BCUT2D eigenvalue weighted by molar-refractivity contribution is -0.154. The summed E-state index contributed by atoms with van der Waals surface area (Å²) in [6.45, 7) is 3.61. The van der Waals surface area contributed by atoms with Crippen molar-refractivity contribution in [1.82, 2.24) is 0 Å². The monoisotopic (exact) mass is 919 g/mol. The van der Waals surface area contributed by atoms with Crippen LogP contribution in [-0.2, 0) is 27.9 Å². The van der Waals surface area contributed by atoms with E-state index in [1.165, 1.54) is 238 Å². The van der Waals surface area contributed by atoms with Crippen molar-refractivity contribution in [1.29, 1.82) is 0 Å². The van der Waals surface area contributed by atoms with Crippen LogP contribution in [0.4, 0.5) is 0 Å². The third kappa shape index (κ3) is 50.7. The van der Waals surface area contributed by atoms with Crippen molar-refractivity contribution in [2.75, 3.05) is 33.0 Å². The largest absolute Gasteiger partial charge is 0.472 e. The van der Waals surface area contributed by atoms with Gasteiger partial charge in [-0.3, -0.25) is 13.8 Å². The molecule has 0 aliphatic rings. The van der Waals surface area contributed by atoms with E-state index in [2.05, 4.69) is 13.8 Å². The van der Waals surface area contributed by atoms with Crippen LogP contribution < -0.4 is 0 Å². The fourth-order valence-corrected chi connectivity index (χ4v) is 9.15. The molecule has 63 heavy (non-hydrogen) atoms. The smallest absolute Gasteiger partial charge is 0.457 e. The average molecular weight is 919 g/mol. The minimum absolute atomic E-state index is 0.0588. The van der Waals surface area contributed by atoms with Crippen LogP contribution in [0.2, 0.25) is 0 Å². The fourth-order valence-electron chi connectivity index (χ4n) is 8.36. The molecule has 0 aliphatic carbocycles. The minimum Gasteiger partial charge on any atom is -0.457 e. The first-order chi connectivity index (χ1) is 30.8. The van der Waals surface area contributed by atoms with Gasteiger partial charge in [0.2, 0.25) is 0 Å². The number of aliphatic hydroxyl groups excluding tert-OH is 2. The summed E-state index contributed by atoms with van der Waals surface area (Å²) < 4.78 is 33.6. The van der Waals surface area contributed by atoms with E-state index in [4.69, 9.17) is 23.6 Å². The Bertz CT molecular complexity index is 953. The lowest BCUT2D eigenvalue weighted by Crippen LogP contribution is -2.29. The van der Waals surface area contributed by atoms with Crippen LogP contribution in [-0.4, -0.2) is 66.3 Å². The molecule has 0 aliphatic heterocycles. The Balaban J connectivity index is 3.93. The average Bonchev–Trinajstić information content (AvgIpc) is 3.28. The zero-order valence-corrected chi connectivity index (χ0v) is 42.7. The van der Waals surface area contributed by atoms with Gasteiger partial charge in [-0.1, -0.05) is 271 Å². The Morgan fingerprint density at radius 2 is 0.714 bits per heavy atom. The summed E-state index contributed by atoms with van der Waals surface area (Å²) >= 11 is 0. The van der Waals surface area contributed by atoms with Crippen LogP contribution in [0, 0.1) is 0 Å². The van der Waals surface area contributed by atoms with E-state index < -0.39 is 33.2 Å². The minimum atomic E-state index is -4.52. The maximum atomic E-state index is 12.7. The van der Waals surface area contributed by atoms with Crippen LogP contribution in [0.5, 0.6) is 0 Å². The molecule has 1 unspecified atom stereocenters. The maximum Gasteiger partial charge on any atom is 0.472 e. The van der Waals surface area contributed by atoms with Gasteiger partial charge in [-0.2, -0.15) is 0 Å². The number of phosphoric ester groups is 1. The molecular weight excluding hydrogens is 812 g/mol. The second-order valence-corrected chi connectivity index (χ2v) is 20.4. The maximum absolute atomic E-state index is 12.7. The SMILES string of the molecule is CCCCCCCCCCCCCCCCCCCCCCCCCCCCC(=O)O[C@H](COCCCCCCCCCCCCCCCCCC)COP(=O)(O)OC[C@@H](O)CO. The van der Waals surface area contributed by atoms with Gasteiger partial charge < -0.3 is 24.6 Å². The number of ether oxygens (including phenoxy) is 2. The number of esters is 1. The summed E-state index contributed by atoms with van der Waals surface area (Å²) in [5, 5.41) is 18.4. The Labute approximate surface area is 390 Å². The molecule has 0 aromatic heterocycles. The van der Waals surface area contributed by atoms with E-state index in [-0.39, 0.29) is 25.6 Å². The van der Waals surface area contributed by atoms with E-state index in [1.54, 1.807) is 0 Å². The topological polar surface area (TPSA) is 132 Å². The third-order valence-electron chi connectivity index (χ3n) is 12.5. The Kier molecular flexibility index (Phi) is 50.4. The van der Waals surface area contributed by atoms with Crippen molar-refractivity contribution < 1.29 is 43.0 Å². The molecule has 9 nitrogen and oxygen atoms in total. The molecule has 0 rings (SSSR count). The van der Waals surface area contributed by atoms with Crippen LogP contribution in [0.25, 0.3) is 0 Å². The fraction of sp³-hybridized carbons (Fsp3) is 0.981. The molecule has 0 radical (unpaired) electrons. The van der Waals surface area contributed by atoms with Crippen molar-refractivity contribution in [2.24, 2.45) is 0 Å². The number of carbonyl (C=O) groups is 1. The normalized spacial score (nSPS) is 13.7. The number of rotatable bonds is 54. The van der Waals surface area contributed by atoms with Crippen LogP contribution in [0.1, 0.15) is 290 Å². The summed E-state index contributed by atoms with van der Waals surface area (Å²) in [6.07, 6.45) is 53.7. The third-order valence-corrected chi connectivity index (χ3v) is 13.5. The van der Waals surface area contributed by atoms with Gasteiger partial charge in [0.05, 0.1) is 26.4 Å². The summed E-state index contributed by atoms with van der Waals surface area (Å²) in [6, 6.07) is 0. The quantitative estimate of drug-likeness (QED) is 0.0310. The first kappa shape index (κ1) is 62.5. The number of phosphoric acid groups is 1. The van der Waals surface area contributed by atoms with Gasteiger partial charge in [-0.05, 0) is 12.8 Å². The highest BCUT2D eigenvalue weighted by Crippen LogP contribution is 2.43. The van der Waals surface area contributed by atoms with Crippen molar-refractivity contribution in [2.45, 2.75) is 302 Å². The van der Waals surface area contributed by atoms with E-state index in [0.717, 1.165) is 32.1 Å². The van der Waals surface area contributed by atoms with Crippen molar-refractivity contribution >= 4 is 13.8 Å². The second kappa shape index (κ2) is 50.9. The first-order valence-electron chi connectivity index (χ1n) is 27.5. The highest BCUT2D eigenvalue weighted by molar-refractivity contribution is 7.47. The molecule has 0 spiro atoms. The van der Waals surface area contributed by atoms with E-state index in [1.807, 2.05) is 0 Å². The zero-order chi connectivity index (χ0) is 46.0. The number of aliphatic hydroxyl groups is 2. The van der Waals surface area contributed by atoms with Crippen molar-refractivity contribution in [3.63, 3.8) is 0 Å². The molecule has 3 N–H and O–H groups in total. The standard InChI is InChI=1S/C53H107O9P/c1-3-5-7-9-11-13-15-17-19-21-22-23-24-25-26-27-28-29-30-31-33-35-37-39-41-43-45-53(56)62-52(50-61-63(57,58)60-48-51(55)47-54)49-59-46-44-42-40-38-36-34-32-20-18-16-14-12-10-8-6-4-2/h51-52,54-55H,3-50H2,1-2H3,(H,57,58)/t51-,52+/m0/s1. The summed E-state index contributed by atoms with van der Waals surface area (Å²) in [7, 11) is -4.52. The van der Waals surface area contributed by atoms with Crippen molar-refractivity contribution in [3.05, 3.63) is 0 Å². The predicted molar refractivity (Wildman–Crippen MR) is 265 cm³/mol. The van der Waals surface area contributed by atoms with E-state index in [9.17, 15) is 19.4 Å². The molecular formula is C53H107O9P. The number of hydrogen-bond donors (Lipinski definition) is 3. The molecule has 0 saturated heterocycles. The molecule has 0 aromatic rings. The molecule has 0 bridgehead atoms. The zero-order valence-electron chi connectivity index (χ0n) is 41.8. The Hall–Kier alpha value is -0.540. The molecule has 0 aromatic carbocycles. The summed E-state index contributed by atoms with van der Waals surface area (Å²) in [5.74, 6) is -0.372. The first-order valence-corrected chi connectivity index (χ1v) is 29.0. The van der Waals surface area contributed by atoms with E-state index >= 15 is 0 Å². The van der Waals surface area contributed by atoms with Crippen LogP contribution >= 0.6 is 7.82 Å². The van der Waals surface area contributed by atoms with Gasteiger partial charge in [0.15, 0.2) is 0 Å². The molecule has 0 amide bonds. The highest BCUT2D eigenvalue weighted by atomic mass is 31.2. The Morgan fingerprint density at radius 3 is 1.03 bits per heavy atom. The number of carbonyl (C=O) groups excluding carboxylic acids is 1. The second-order valence-electron chi connectivity index (χ2n) is 19.0. The van der Waals surface area contributed by atoms with Gasteiger partial charge in [-0.15, -0.1) is 0 Å². The lowest BCUT2D eigenvalue weighted by atomic mass is 10.0. The van der Waals surface area contributed by atoms with Crippen molar-refractivity contribution in [3.8, 4) is 0 Å².